The number of hydrogen-bond donors (Lipinski definition) is 2. The highest BCUT2D eigenvalue weighted by molar-refractivity contribution is 5.97. The van der Waals surface area contributed by atoms with E-state index in [1.54, 1.807) is 33.9 Å². The Bertz CT molecular complexity index is 791. The smallest absolute Gasteiger partial charge is 0.408 e. The molecule has 132 valence electrons. The van der Waals surface area contributed by atoms with Crippen LogP contribution in [0, 0.1) is 0 Å². The number of ether oxygens (including phenoxy) is 1. The Morgan fingerprint density at radius 2 is 1.96 bits per heavy atom. The van der Waals surface area contributed by atoms with E-state index < -0.39 is 23.6 Å². The molecule has 0 saturated carbocycles. The van der Waals surface area contributed by atoms with Crippen LogP contribution in [0.4, 0.5) is 4.79 Å². The maximum Gasteiger partial charge on any atom is 0.408 e. The minimum Gasteiger partial charge on any atom is -0.444 e. The third-order valence-electron chi connectivity index (χ3n) is 3.17. The van der Waals surface area contributed by atoms with Crippen molar-refractivity contribution in [2.75, 3.05) is 0 Å². The Kier molecular flexibility index (Phi) is 5.69. The summed E-state index contributed by atoms with van der Waals surface area (Å²) in [6, 6.07) is 8.72. The van der Waals surface area contributed by atoms with Gasteiger partial charge in [0.15, 0.2) is 0 Å². The monoisotopic (exact) mass is 342 g/mol. The van der Waals surface area contributed by atoms with E-state index in [0.29, 0.717) is 0 Å². The van der Waals surface area contributed by atoms with E-state index >= 15 is 0 Å². The number of amides is 2. The Morgan fingerprint density at radius 3 is 2.68 bits per heavy atom. The van der Waals surface area contributed by atoms with Crippen LogP contribution in [0.2, 0.25) is 0 Å². The number of hydrazone groups is 1. The molecular formula is C18H22N4O3. The predicted octanol–water partition coefficient (Wildman–Crippen LogP) is 2.60. The molecular weight excluding hydrogens is 320 g/mol. The van der Waals surface area contributed by atoms with Gasteiger partial charge in [-0.25, -0.2) is 10.2 Å². The number of benzene rings is 1. The molecule has 2 amide bonds. The van der Waals surface area contributed by atoms with Crippen molar-refractivity contribution >= 4 is 29.1 Å². The van der Waals surface area contributed by atoms with Crippen molar-refractivity contribution in [1.82, 2.24) is 15.7 Å². The maximum absolute atomic E-state index is 12.0. The maximum atomic E-state index is 12.0. The van der Waals surface area contributed by atoms with Crippen molar-refractivity contribution in [2.24, 2.45) is 5.10 Å². The molecule has 2 aromatic rings. The number of carbonyl (C=O) groups excluding carboxylic acids is 2. The molecule has 25 heavy (non-hydrogen) atoms. The minimum absolute atomic E-state index is 0.449. The van der Waals surface area contributed by atoms with Crippen LogP contribution in [-0.2, 0) is 9.53 Å². The fourth-order valence-electron chi connectivity index (χ4n) is 2.04. The first-order valence-corrected chi connectivity index (χ1v) is 7.92. The van der Waals surface area contributed by atoms with Gasteiger partial charge in [-0.2, -0.15) is 5.10 Å². The van der Waals surface area contributed by atoms with Crippen LogP contribution in [-0.4, -0.2) is 34.8 Å². The summed E-state index contributed by atoms with van der Waals surface area (Å²) in [6.45, 7) is 6.80. The highest BCUT2D eigenvalue weighted by Crippen LogP contribution is 2.13. The van der Waals surface area contributed by atoms with E-state index in [2.05, 4.69) is 20.8 Å². The Morgan fingerprint density at radius 1 is 1.24 bits per heavy atom. The van der Waals surface area contributed by atoms with Gasteiger partial charge in [-0.05, 0) is 33.8 Å². The number of carbonyl (C=O) groups is 2. The number of rotatable bonds is 4. The molecule has 0 unspecified atom stereocenters. The van der Waals surface area contributed by atoms with Crippen molar-refractivity contribution in [1.29, 1.82) is 0 Å². The minimum atomic E-state index is -0.780. The Hall–Kier alpha value is -2.96. The number of nitrogens with zero attached hydrogens (tertiary/aromatic N) is 2. The zero-order valence-electron chi connectivity index (χ0n) is 14.7. The van der Waals surface area contributed by atoms with E-state index in [-0.39, 0.29) is 0 Å². The first-order chi connectivity index (χ1) is 11.8. The number of para-hydroxylation sites is 1. The van der Waals surface area contributed by atoms with E-state index in [9.17, 15) is 9.59 Å². The summed E-state index contributed by atoms with van der Waals surface area (Å²) >= 11 is 0. The number of alkyl carbamates (subject to hydrolysis) is 1. The highest BCUT2D eigenvalue weighted by atomic mass is 16.6. The molecule has 0 fully saturated rings. The molecule has 0 bridgehead atoms. The van der Waals surface area contributed by atoms with Crippen molar-refractivity contribution in [3.05, 3.63) is 42.1 Å². The van der Waals surface area contributed by atoms with Crippen molar-refractivity contribution in [3.8, 4) is 0 Å². The SMILES string of the molecule is C[C@@H](NC(=O)OC(C)(C)C)C(=O)N/N=C\c1cccc2cccnc12. The molecule has 0 saturated heterocycles. The summed E-state index contributed by atoms with van der Waals surface area (Å²) < 4.78 is 5.10. The van der Waals surface area contributed by atoms with Crippen LogP contribution in [0.1, 0.15) is 33.3 Å². The molecule has 1 atom stereocenters. The van der Waals surface area contributed by atoms with Gasteiger partial charge in [-0.3, -0.25) is 9.78 Å². The number of fused-ring (bicyclic) bond motifs is 1. The average Bonchev–Trinajstić information content (AvgIpc) is 2.53. The Balaban J connectivity index is 1.94. The zero-order valence-corrected chi connectivity index (χ0v) is 14.7. The number of pyridine rings is 1. The second kappa shape index (κ2) is 7.74. The molecule has 0 radical (unpaired) electrons. The van der Waals surface area contributed by atoms with Crippen LogP contribution >= 0.6 is 0 Å². The molecule has 7 nitrogen and oxygen atoms in total. The summed E-state index contributed by atoms with van der Waals surface area (Å²) in [7, 11) is 0. The Labute approximate surface area is 146 Å². The lowest BCUT2D eigenvalue weighted by atomic mass is 10.1. The van der Waals surface area contributed by atoms with Crippen LogP contribution in [0.15, 0.2) is 41.6 Å². The third kappa shape index (κ3) is 5.56. The summed E-state index contributed by atoms with van der Waals surface area (Å²) in [4.78, 5) is 28.0. The fourth-order valence-corrected chi connectivity index (χ4v) is 2.04. The molecule has 0 aliphatic rings. The van der Waals surface area contributed by atoms with Crippen molar-refractivity contribution < 1.29 is 14.3 Å². The number of aromatic nitrogens is 1. The van der Waals surface area contributed by atoms with Gasteiger partial charge in [0.1, 0.15) is 11.6 Å². The highest BCUT2D eigenvalue weighted by Gasteiger charge is 2.20. The van der Waals surface area contributed by atoms with Crippen LogP contribution in [0.3, 0.4) is 0 Å². The molecule has 0 aliphatic carbocycles. The lowest BCUT2D eigenvalue weighted by molar-refractivity contribution is -0.122. The molecule has 0 spiro atoms. The lowest BCUT2D eigenvalue weighted by Gasteiger charge is -2.21. The molecule has 7 heteroatoms. The second-order valence-electron chi connectivity index (χ2n) is 6.52. The summed E-state index contributed by atoms with van der Waals surface area (Å²) in [5, 5.41) is 7.38. The quantitative estimate of drug-likeness (QED) is 0.660. The summed E-state index contributed by atoms with van der Waals surface area (Å²) in [5.41, 5.74) is 3.35. The first kappa shape index (κ1) is 18.4. The van der Waals surface area contributed by atoms with E-state index in [1.807, 2.05) is 30.3 Å². The molecule has 1 aromatic carbocycles. The van der Waals surface area contributed by atoms with Gasteiger partial charge in [0.2, 0.25) is 0 Å². The predicted molar refractivity (Wildman–Crippen MR) is 96.3 cm³/mol. The molecule has 2 rings (SSSR count). The third-order valence-corrected chi connectivity index (χ3v) is 3.17. The van der Waals surface area contributed by atoms with Gasteiger partial charge in [-0.1, -0.05) is 24.3 Å². The number of hydrogen-bond acceptors (Lipinski definition) is 5. The fraction of sp³-hybridized carbons (Fsp3) is 0.333. The van der Waals surface area contributed by atoms with Gasteiger partial charge in [-0.15, -0.1) is 0 Å². The van der Waals surface area contributed by atoms with Crippen molar-refractivity contribution in [2.45, 2.75) is 39.3 Å². The van der Waals surface area contributed by atoms with Crippen molar-refractivity contribution in [3.63, 3.8) is 0 Å². The molecule has 0 aliphatic heterocycles. The lowest BCUT2D eigenvalue weighted by Crippen LogP contribution is -2.45. The topological polar surface area (TPSA) is 92.7 Å². The normalized spacial score (nSPS) is 12.8. The van der Waals surface area contributed by atoms with E-state index in [4.69, 9.17) is 4.74 Å². The zero-order chi connectivity index (χ0) is 18.4. The largest absolute Gasteiger partial charge is 0.444 e. The van der Waals surface area contributed by atoms with Gasteiger partial charge in [0.25, 0.3) is 5.91 Å². The number of nitrogens with one attached hydrogen (secondary N) is 2. The van der Waals surface area contributed by atoms with Gasteiger partial charge in [0.05, 0.1) is 11.7 Å². The van der Waals surface area contributed by atoms with Gasteiger partial charge in [0, 0.05) is 17.1 Å². The van der Waals surface area contributed by atoms with Crippen LogP contribution in [0.25, 0.3) is 10.9 Å². The standard InChI is InChI=1S/C18H22N4O3/c1-12(21-17(24)25-18(2,3)4)16(23)22-20-11-14-8-5-7-13-9-6-10-19-15(13)14/h5-12H,1-4H3,(H,21,24)(H,22,23)/b20-11-/t12-/m1/s1. The molecule has 2 N–H and O–H groups in total. The first-order valence-electron chi connectivity index (χ1n) is 7.92. The summed E-state index contributed by atoms with van der Waals surface area (Å²) in [5.74, 6) is -0.449. The molecule has 1 aromatic heterocycles. The van der Waals surface area contributed by atoms with E-state index in [0.717, 1.165) is 16.5 Å². The van der Waals surface area contributed by atoms with E-state index in [1.165, 1.54) is 6.21 Å². The summed E-state index contributed by atoms with van der Waals surface area (Å²) in [6.07, 6.45) is 2.57. The van der Waals surface area contributed by atoms with Crippen LogP contribution < -0.4 is 10.7 Å². The van der Waals surface area contributed by atoms with Gasteiger partial charge >= 0.3 is 6.09 Å². The van der Waals surface area contributed by atoms with Crippen LogP contribution in [0.5, 0.6) is 0 Å². The van der Waals surface area contributed by atoms with Gasteiger partial charge < -0.3 is 10.1 Å². The second-order valence-corrected chi connectivity index (χ2v) is 6.52. The average molecular weight is 342 g/mol. The molecule has 1 heterocycles.